The second-order valence-corrected chi connectivity index (χ2v) is 7.38. The SMILES string of the molecule is CC(C)(NC(=O)C1[C@H]2CNC[C@@H]12)c1ncc2c(C(F)(F)F)cccn12. The van der Waals surface area contributed by atoms with Crippen molar-refractivity contribution in [3.63, 3.8) is 0 Å². The lowest BCUT2D eigenvalue weighted by molar-refractivity contribution is -0.136. The highest BCUT2D eigenvalue weighted by molar-refractivity contribution is 5.83. The zero-order valence-electron chi connectivity index (χ0n) is 13.9. The third kappa shape index (κ3) is 2.59. The van der Waals surface area contributed by atoms with E-state index in [0.717, 1.165) is 19.2 Å². The Morgan fingerprint density at radius 2 is 2.00 bits per heavy atom. The number of pyridine rings is 1. The number of fused-ring (bicyclic) bond motifs is 2. The van der Waals surface area contributed by atoms with Gasteiger partial charge < -0.3 is 15.0 Å². The van der Waals surface area contributed by atoms with E-state index in [4.69, 9.17) is 0 Å². The molecule has 2 fully saturated rings. The van der Waals surface area contributed by atoms with E-state index >= 15 is 0 Å². The molecule has 3 heterocycles. The van der Waals surface area contributed by atoms with Crippen LogP contribution in [0.1, 0.15) is 25.2 Å². The van der Waals surface area contributed by atoms with Crippen LogP contribution in [0.3, 0.4) is 0 Å². The molecule has 8 heteroatoms. The summed E-state index contributed by atoms with van der Waals surface area (Å²) in [5, 5.41) is 6.21. The fourth-order valence-corrected chi connectivity index (χ4v) is 3.98. The Labute approximate surface area is 142 Å². The van der Waals surface area contributed by atoms with Crippen LogP contribution in [0.4, 0.5) is 13.2 Å². The maximum atomic E-state index is 13.2. The van der Waals surface area contributed by atoms with Gasteiger partial charge in [0.05, 0.1) is 22.8 Å². The number of hydrogen-bond donors (Lipinski definition) is 2. The van der Waals surface area contributed by atoms with Crippen molar-refractivity contribution in [1.29, 1.82) is 0 Å². The first-order valence-electron chi connectivity index (χ1n) is 8.26. The average molecular weight is 352 g/mol. The molecule has 4 rings (SSSR count). The monoisotopic (exact) mass is 352 g/mol. The number of nitrogens with one attached hydrogen (secondary N) is 2. The highest BCUT2D eigenvalue weighted by Gasteiger charge is 2.57. The summed E-state index contributed by atoms with van der Waals surface area (Å²) in [7, 11) is 0. The lowest BCUT2D eigenvalue weighted by Crippen LogP contribution is -2.44. The molecule has 3 atom stereocenters. The van der Waals surface area contributed by atoms with Gasteiger partial charge in [-0.2, -0.15) is 13.2 Å². The fraction of sp³-hybridized carbons (Fsp3) is 0.529. The summed E-state index contributed by atoms with van der Waals surface area (Å²) in [5.74, 6) is 1.09. The summed E-state index contributed by atoms with van der Waals surface area (Å²) in [6.45, 7) is 5.22. The van der Waals surface area contributed by atoms with Crippen LogP contribution in [0.25, 0.3) is 5.52 Å². The van der Waals surface area contributed by atoms with Gasteiger partial charge in [0, 0.05) is 12.1 Å². The van der Waals surface area contributed by atoms with Crippen molar-refractivity contribution in [2.24, 2.45) is 17.8 Å². The maximum absolute atomic E-state index is 13.2. The lowest BCUT2D eigenvalue weighted by atomic mass is 10.0. The van der Waals surface area contributed by atoms with Crippen LogP contribution >= 0.6 is 0 Å². The number of alkyl halides is 3. The van der Waals surface area contributed by atoms with Crippen molar-refractivity contribution in [2.45, 2.75) is 25.6 Å². The van der Waals surface area contributed by atoms with Crippen LogP contribution in [-0.4, -0.2) is 28.4 Å². The number of carbonyl (C=O) groups excluding carboxylic acids is 1. The van der Waals surface area contributed by atoms with Gasteiger partial charge in [-0.25, -0.2) is 4.98 Å². The summed E-state index contributed by atoms with van der Waals surface area (Å²) < 4.78 is 40.9. The van der Waals surface area contributed by atoms with Crippen LogP contribution in [0.2, 0.25) is 0 Å². The molecule has 1 aliphatic carbocycles. The van der Waals surface area contributed by atoms with E-state index in [-0.39, 0.29) is 17.3 Å². The molecular weight excluding hydrogens is 333 g/mol. The third-order valence-corrected chi connectivity index (χ3v) is 5.27. The van der Waals surface area contributed by atoms with E-state index in [1.54, 1.807) is 13.8 Å². The summed E-state index contributed by atoms with van der Waals surface area (Å²) in [5.41, 5.74) is -1.63. The van der Waals surface area contributed by atoms with Gasteiger partial charge in [0.25, 0.3) is 0 Å². The van der Waals surface area contributed by atoms with Crippen LogP contribution < -0.4 is 10.6 Å². The zero-order valence-corrected chi connectivity index (χ0v) is 13.9. The van der Waals surface area contributed by atoms with Crippen LogP contribution in [0.5, 0.6) is 0 Å². The summed E-state index contributed by atoms with van der Waals surface area (Å²) >= 11 is 0. The number of rotatable bonds is 3. The lowest BCUT2D eigenvalue weighted by Gasteiger charge is -2.26. The van der Waals surface area contributed by atoms with Gasteiger partial charge in [-0.15, -0.1) is 0 Å². The van der Waals surface area contributed by atoms with E-state index in [9.17, 15) is 18.0 Å². The second kappa shape index (κ2) is 5.20. The molecule has 2 aromatic rings. The van der Waals surface area contributed by atoms with Gasteiger partial charge in [0.2, 0.25) is 5.91 Å². The highest BCUT2D eigenvalue weighted by atomic mass is 19.4. The minimum atomic E-state index is -4.45. The van der Waals surface area contributed by atoms with Crippen molar-refractivity contribution >= 4 is 11.4 Å². The zero-order chi connectivity index (χ0) is 18.0. The Bertz CT molecular complexity index is 832. The van der Waals surface area contributed by atoms with E-state index < -0.39 is 17.3 Å². The maximum Gasteiger partial charge on any atom is 0.418 e. The molecule has 0 spiro atoms. The quantitative estimate of drug-likeness (QED) is 0.890. The number of hydrogen-bond acceptors (Lipinski definition) is 3. The number of aromatic nitrogens is 2. The van der Waals surface area contributed by atoms with Crippen LogP contribution in [0.15, 0.2) is 24.5 Å². The molecule has 1 saturated heterocycles. The van der Waals surface area contributed by atoms with Crippen LogP contribution in [-0.2, 0) is 16.5 Å². The van der Waals surface area contributed by atoms with Gasteiger partial charge in [-0.3, -0.25) is 4.79 Å². The first-order valence-corrected chi connectivity index (χ1v) is 8.26. The number of amides is 1. The fourth-order valence-electron chi connectivity index (χ4n) is 3.98. The van der Waals surface area contributed by atoms with Crippen molar-refractivity contribution in [3.8, 4) is 0 Å². The van der Waals surface area contributed by atoms with Crippen molar-refractivity contribution in [3.05, 3.63) is 35.9 Å². The second-order valence-electron chi connectivity index (χ2n) is 7.38. The van der Waals surface area contributed by atoms with Crippen molar-refractivity contribution < 1.29 is 18.0 Å². The van der Waals surface area contributed by atoms with Gasteiger partial charge in [0.1, 0.15) is 5.82 Å². The molecule has 0 radical (unpaired) electrons. The molecule has 134 valence electrons. The van der Waals surface area contributed by atoms with Gasteiger partial charge in [-0.05, 0) is 50.9 Å². The predicted molar refractivity (Wildman–Crippen MR) is 84.7 cm³/mol. The molecule has 2 N–H and O–H groups in total. The third-order valence-electron chi connectivity index (χ3n) is 5.27. The molecule has 1 amide bonds. The first-order chi connectivity index (χ1) is 11.7. The molecule has 0 bridgehead atoms. The average Bonchev–Trinajstić information content (AvgIpc) is 2.89. The van der Waals surface area contributed by atoms with Crippen molar-refractivity contribution in [1.82, 2.24) is 20.0 Å². The van der Waals surface area contributed by atoms with Gasteiger partial charge in [0.15, 0.2) is 0 Å². The topological polar surface area (TPSA) is 58.4 Å². The Balaban J connectivity index is 1.63. The Kier molecular flexibility index (Phi) is 3.41. The Hall–Kier alpha value is -2.09. The molecule has 5 nitrogen and oxygen atoms in total. The van der Waals surface area contributed by atoms with Gasteiger partial charge in [-0.1, -0.05) is 0 Å². The van der Waals surface area contributed by atoms with E-state index in [2.05, 4.69) is 15.6 Å². The summed E-state index contributed by atoms with van der Waals surface area (Å²) in [4.78, 5) is 16.7. The predicted octanol–water partition coefficient (Wildman–Crippen LogP) is 2.17. The Morgan fingerprint density at radius 3 is 2.64 bits per heavy atom. The number of carbonyl (C=O) groups is 1. The largest absolute Gasteiger partial charge is 0.418 e. The summed E-state index contributed by atoms with van der Waals surface area (Å²) in [6, 6.07) is 2.38. The minimum absolute atomic E-state index is 0.00233. The number of imidazole rings is 1. The molecule has 1 unspecified atom stereocenters. The summed E-state index contributed by atoms with van der Waals surface area (Å²) in [6.07, 6.45) is -1.70. The smallest absolute Gasteiger partial charge is 0.344 e. The number of piperidine rings is 1. The van der Waals surface area contributed by atoms with Crippen molar-refractivity contribution in [2.75, 3.05) is 13.1 Å². The normalized spacial score (nSPS) is 25.9. The molecule has 2 aliphatic rings. The molecule has 25 heavy (non-hydrogen) atoms. The molecule has 1 saturated carbocycles. The Morgan fingerprint density at radius 1 is 1.32 bits per heavy atom. The first kappa shape index (κ1) is 16.4. The molecule has 2 aromatic heterocycles. The number of nitrogens with zero attached hydrogens (tertiary/aromatic N) is 2. The molecule has 0 aromatic carbocycles. The van der Waals surface area contributed by atoms with E-state index in [0.29, 0.717) is 17.7 Å². The molecule has 1 aliphatic heterocycles. The van der Waals surface area contributed by atoms with E-state index in [1.165, 1.54) is 22.9 Å². The van der Waals surface area contributed by atoms with Crippen LogP contribution in [0, 0.1) is 17.8 Å². The number of halogens is 3. The van der Waals surface area contributed by atoms with E-state index in [1.807, 2.05) is 0 Å². The standard InChI is InChI=1S/C17H19F3N4O/c1-16(2,23-14(25)13-9-6-21-7-10(9)13)15-22-8-12-11(17(18,19)20)4-3-5-24(12)15/h3-5,8-10,13,21H,6-7H2,1-2H3,(H,23,25)/t9-,10+,13?. The minimum Gasteiger partial charge on any atom is -0.344 e. The van der Waals surface area contributed by atoms with Gasteiger partial charge >= 0.3 is 6.18 Å². The highest BCUT2D eigenvalue weighted by Crippen LogP contribution is 2.49. The molecular formula is C17H19F3N4O.